The number of hydrogen-bond donors (Lipinski definition) is 0. The Morgan fingerprint density at radius 2 is 1.60 bits per heavy atom. The van der Waals surface area contributed by atoms with Crippen LogP contribution in [0.2, 0.25) is 0 Å². The van der Waals surface area contributed by atoms with E-state index in [1.807, 2.05) is 0 Å². The van der Waals surface area contributed by atoms with E-state index in [2.05, 4.69) is 9.47 Å². The molecular weight excluding hydrogens is 266 g/mol. The van der Waals surface area contributed by atoms with Gasteiger partial charge < -0.3 is 14.2 Å². The number of methoxy groups -OCH3 is 2. The second-order valence-corrected chi connectivity index (χ2v) is 5.63. The van der Waals surface area contributed by atoms with Crippen molar-refractivity contribution in [3.8, 4) is 0 Å². The maximum absolute atomic E-state index is 12.1. The molecule has 114 valence electrons. The third-order valence-corrected chi connectivity index (χ3v) is 2.94. The summed E-state index contributed by atoms with van der Waals surface area (Å²) in [6.45, 7) is 5.27. The first-order valence-corrected chi connectivity index (χ1v) is 6.35. The zero-order valence-corrected chi connectivity index (χ0v) is 12.5. The molecule has 1 rings (SSSR count). The van der Waals surface area contributed by atoms with Crippen LogP contribution in [0.4, 0.5) is 4.79 Å². The van der Waals surface area contributed by atoms with E-state index in [4.69, 9.17) is 4.74 Å². The summed E-state index contributed by atoms with van der Waals surface area (Å²) in [6.07, 6.45) is -0.460. The molecule has 0 aromatic rings. The van der Waals surface area contributed by atoms with Crippen LogP contribution in [-0.2, 0) is 23.8 Å². The largest absolute Gasteiger partial charge is 0.469 e. The van der Waals surface area contributed by atoms with Crippen molar-refractivity contribution in [1.29, 1.82) is 0 Å². The van der Waals surface area contributed by atoms with E-state index < -0.39 is 35.6 Å². The van der Waals surface area contributed by atoms with Gasteiger partial charge in [0.15, 0.2) is 0 Å². The van der Waals surface area contributed by atoms with E-state index >= 15 is 0 Å². The van der Waals surface area contributed by atoms with Crippen LogP contribution in [0, 0.1) is 5.92 Å². The second kappa shape index (κ2) is 6.11. The summed E-state index contributed by atoms with van der Waals surface area (Å²) in [5.41, 5.74) is -0.679. The standard InChI is InChI=1S/C13H21NO6/c1-13(2,3)20-12(17)14-7-8(10(15)18-4)6-9(14)11(16)19-5/h8-9H,6-7H2,1-5H3. The Morgan fingerprint density at radius 1 is 1.05 bits per heavy atom. The van der Waals surface area contributed by atoms with Gasteiger partial charge in [-0.15, -0.1) is 0 Å². The molecule has 2 unspecified atom stereocenters. The van der Waals surface area contributed by atoms with Crippen LogP contribution >= 0.6 is 0 Å². The molecule has 0 aromatic carbocycles. The fourth-order valence-corrected chi connectivity index (χ4v) is 2.06. The molecule has 7 nitrogen and oxygen atoms in total. The Bertz CT molecular complexity index is 400. The molecule has 1 amide bonds. The lowest BCUT2D eigenvalue weighted by molar-refractivity contribution is -0.145. The third-order valence-electron chi connectivity index (χ3n) is 2.94. The molecule has 0 radical (unpaired) electrons. The van der Waals surface area contributed by atoms with Crippen LogP contribution in [0.5, 0.6) is 0 Å². The van der Waals surface area contributed by atoms with Crippen molar-refractivity contribution in [2.24, 2.45) is 5.92 Å². The van der Waals surface area contributed by atoms with Crippen LogP contribution in [-0.4, -0.2) is 55.3 Å². The van der Waals surface area contributed by atoms with E-state index in [0.717, 1.165) is 0 Å². The van der Waals surface area contributed by atoms with Gasteiger partial charge in [-0.05, 0) is 27.2 Å². The van der Waals surface area contributed by atoms with Gasteiger partial charge in [-0.1, -0.05) is 0 Å². The molecule has 0 aliphatic carbocycles. The van der Waals surface area contributed by atoms with Crippen molar-refractivity contribution in [2.75, 3.05) is 20.8 Å². The van der Waals surface area contributed by atoms with Gasteiger partial charge in [-0.2, -0.15) is 0 Å². The first-order chi connectivity index (χ1) is 9.19. The highest BCUT2D eigenvalue weighted by atomic mass is 16.6. The molecular formula is C13H21NO6. The summed E-state index contributed by atoms with van der Waals surface area (Å²) in [5, 5.41) is 0. The van der Waals surface area contributed by atoms with Crippen molar-refractivity contribution in [3.63, 3.8) is 0 Å². The molecule has 0 aromatic heterocycles. The van der Waals surface area contributed by atoms with Crippen LogP contribution < -0.4 is 0 Å². The predicted molar refractivity (Wildman–Crippen MR) is 68.9 cm³/mol. The fourth-order valence-electron chi connectivity index (χ4n) is 2.06. The van der Waals surface area contributed by atoms with Gasteiger partial charge >= 0.3 is 18.0 Å². The Labute approximate surface area is 118 Å². The Morgan fingerprint density at radius 3 is 2.05 bits per heavy atom. The number of carbonyl (C=O) groups excluding carboxylic acids is 3. The number of hydrogen-bond acceptors (Lipinski definition) is 6. The van der Waals surface area contributed by atoms with Gasteiger partial charge in [-0.25, -0.2) is 9.59 Å². The summed E-state index contributed by atoms with van der Waals surface area (Å²) >= 11 is 0. The maximum Gasteiger partial charge on any atom is 0.411 e. The van der Waals surface area contributed by atoms with Gasteiger partial charge in [0.25, 0.3) is 0 Å². The van der Waals surface area contributed by atoms with E-state index in [0.29, 0.717) is 0 Å². The second-order valence-electron chi connectivity index (χ2n) is 5.63. The topological polar surface area (TPSA) is 82.1 Å². The van der Waals surface area contributed by atoms with Crippen LogP contribution in [0.15, 0.2) is 0 Å². The minimum Gasteiger partial charge on any atom is -0.469 e. The smallest absolute Gasteiger partial charge is 0.411 e. The minimum absolute atomic E-state index is 0.0847. The highest BCUT2D eigenvalue weighted by molar-refractivity contribution is 5.85. The van der Waals surface area contributed by atoms with Crippen LogP contribution in [0.3, 0.4) is 0 Å². The molecule has 1 saturated heterocycles. The number of esters is 2. The number of nitrogens with zero attached hydrogens (tertiary/aromatic N) is 1. The maximum atomic E-state index is 12.1. The van der Waals surface area contributed by atoms with Crippen molar-refractivity contribution < 1.29 is 28.6 Å². The number of ether oxygens (including phenoxy) is 3. The molecule has 0 saturated carbocycles. The Kier molecular flexibility index (Phi) is 4.97. The van der Waals surface area contributed by atoms with Gasteiger partial charge in [-0.3, -0.25) is 9.69 Å². The average Bonchev–Trinajstić information content (AvgIpc) is 2.79. The molecule has 2 atom stereocenters. The summed E-state index contributed by atoms with van der Waals surface area (Å²) in [5.74, 6) is -1.57. The summed E-state index contributed by atoms with van der Waals surface area (Å²) in [7, 11) is 2.51. The van der Waals surface area contributed by atoms with Crippen molar-refractivity contribution in [2.45, 2.75) is 38.8 Å². The van der Waals surface area contributed by atoms with Gasteiger partial charge in [0.2, 0.25) is 0 Å². The molecule has 7 heteroatoms. The summed E-state index contributed by atoms with van der Waals surface area (Å²) < 4.78 is 14.6. The minimum atomic E-state index is -0.820. The molecule has 1 heterocycles. The fraction of sp³-hybridized carbons (Fsp3) is 0.769. The highest BCUT2D eigenvalue weighted by Gasteiger charge is 2.45. The Balaban J connectivity index is 2.87. The molecule has 1 aliphatic rings. The number of amides is 1. The lowest BCUT2D eigenvalue weighted by Crippen LogP contribution is -2.43. The molecule has 0 spiro atoms. The average molecular weight is 287 g/mol. The molecule has 1 aliphatic heterocycles. The molecule has 20 heavy (non-hydrogen) atoms. The van der Waals surface area contributed by atoms with Crippen molar-refractivity contribution in [1.82, 2.24) is 4.90 Å². The van der Waals surface area contributed by atoms with E-state index in [1.165, 1.54) is 19.1 Å². The molecule has 0 N–H and O–H groups in total. The van der Waals surface area contributed by atoms with Crippen molar-refractivity contribution in [3.05, 3.63) is 0 Å². The summed E-state index contributed by atoms with van der Waals surface area (Å²) in [6, 6.07) is -0.820. The lowest BCUT2D eigenvalue weighted by Gasteiger charge is -2.27. The molecule has 1 fully saturated rings. The number of rotatable bonds is 2. The quantitative estimate of drug-likeness (QED) is 0.555. The zero-order valence-electron chi connectivity index (χ0n) is 12.5. The monoisotopic (exact) mass is 287 g/mol. The third kappa shape index (κ3) is 3.85. The van der Waals surface area contributed by atoms with E-state index in [1.54, 1.807) is 20.8 Å². The van der Waals surface area contributed by atoms with Crippen LogP contribution in [0.1, 0.15) is 27.2 Å². The number of likely N-dealkylation sites (tertiary alicyclic amines) is 1. The van der Waals surface area contributed by atoms with E-state index in [-0.39, 0.29) is 13.0 Å². The Hall–Kier alpha value is -1.79. The van der Waals surface area contributed by atoms with Crippen molar-refractivity contribution >= 4 is 18.0 Å². The SMILES string of the molecule is COC(=O)C1CC(C(=O)OC)N(C(=O)OC(C)(C)C)C1. The normalized spacial score (nSPS) is 22.4. The van der Waals surface area contributed by atoms with E-state index in [9.17, 15) is 14.4 Å². The lowest BCUT2D eigenvalue weighted by atomic mass is 10.1. The van der Waals surface area contributed by atoms with Gasteiger partial charge in [0.1, 0.15) is 11.6 Å². The first kappa shape index (κ1) is 16.3. The van der Waals surface area contributed by atoms with Gasteiger partial charge in [0.05, 0.1) is 20.1 Å². The first-order valence-electron chi connectivity index (χ1n) is 6.35. The number of carbonyl (C=O) groups is 3. The van der Waals surface area contributed by atoms with Gasteiger partial charge in [0, 0.05) is 6.54 Å². The zero-order chi connectivity index (χ0) is 15.5. The predicted octanol–water partition coefficient (Wildman–Crippen LogP) is 0.958. The highest BCUT2D eigenvalue weighted by Crippen LogP contribution is 2.27. The van der Waals surface area contributed by atoms with Crippen LogP contribution in [0.25, 0.3) is 0 Å². The molecule has 0 bridgehead atoms. The summed E-state index contributed by atoms with van der Waals surface area (Å²) in [4.78, 5) is 36.6.